The first-order valence-electron chi connectivity index (χ1n) is 4.16. The van der Waals surface area contributed by atoms with Gasteiger partial charge in [0.1, 0.15) is 6.29 Å². The lowest BCUT2D eigenvalue weighted by atomic mass is 9.95. The lowest BCUT2D eigenvalue weighted by molar-refractivity contribution is -0.111. The zero-order valence-electron chi connectivity index (χ0n) is 7.26. The molecule has 0 unspecified atom stereocenters. The largest absolute Gasteiger partial charge is 0.303 e. The molecule has 0 fully saturated rings. The quantitative estimate of drug-likeness (QED) is 0.539. The van der Waals surface area contributed by atoms with E-state index in [4.69, 9.17) is 0 Å². The predicted molar refractivity (Wildman–Crippen MR) is 43.9 cm³/mol. The van der Waals surface area contributed by atoms with Crippen molar-refractivity contribution in [2.24, 2.45) is 11.8 Å². The number of rotatable bonds is 5. The van der Waals surface area contributed by atoms with Crippen LogP contribution in [0.3, 0.4) is 0 Å². The molecule has 0 bridgehead atoms. The Hall–Kier alpha value is -0.330. The molecule has 0 rings (SSSR count). The van der Waals surface area contributed by atoms with Gasteiger partial charge in [0.2, 0.25) is 0 Å². The van der Waals surface area contributed by atoms with E-state index < -0.39 is 0 Å². The van der Waals surface area contributed by atoms with Crippen LogP contribution in [0.25, 0.3) is 0 Å². The summed E-state index contributed by atoms with van der Waals surface area (Å²) in [6.07, 6.45) is 4.33. The van der Waals surface area contributed by atoms with Crippen molar-refractivity contribution in [1.82, 2.24) is 0 Å². The fourth-order valence-corrected chi connectivity index (χ4v) is 1.22. The zero-order valence-corrected chi connectivity index (χ0v) is 7.26. The van der Waals surface area contributed by atoms with Crippen molar-refractivity contribution in [2.45, 2.75) is 40.0 Å². The molecular weight excluding hydrogens is 124 g/mol. The minimum absolute atomic E-state index is 0.310. The van der Waals surface area contributed by atoms with E-state index in [1.807, 2.05) is 0 Å². The molecule has 0 aliphatic carbocycles. The third-order valence-corrected chi connectivity index (χ3v) is 1.63. The summed E-state index contributed by atoms with van der Waals surface area (Å²) < 4.78 is 0. The second-order valence-electron chi connectivity index (χ2n) is 3.31. The Balaban J connectivity index is 3.49. The van der Waals surface area contributed by atoms with E-state index >= 15 is 0 Å². The smallest absolute Gasteiger partial charge is 0.123 e. The molecule has 1 nitrogen and oxygen atoms in total. The van der Waals surface area contributed by atoms with Gasteiger partial charge in [-0.3, -0.25) is 0 Å². The molecule has 0 saturated carbocycles. The summed E-state index contributed by atoms with van der Waals surface area (Å²) >= 11 is 0. The SMILES string of the molecule is CCC[C@H](C=O)CC(C)C. The van der Waals surface area contributed by atoms with E-state index in [-0.39, 0.29) is 0 Å². The molecule has 1 heteroatoms. The first-order chi connectivity index (χ1) is 4.70. The van der Waals surface area contributed by atoms with E-state index in [0.717, 1.165) is 25.5 Å². The second-order valence-corrected chi connectivity index (χ2v) is 3.31. The topological polar surface area (TPSA) is 17.1 Å². The molecule has 0 aromatic heterocycles. The summed E-state index contributed by atoms with van der Waals surface area (Å²) in [6, 6.07) is 0. The van der Waals surface area contributed by atoms with Gasteiger partial charge in [-0.1, -0.05) is 27.2 Å². The van der Waals surface area contributed by atoms with Crippen molar-refractivity contribution in [2.75, 3.05) is 0 Å². The fourth-order valence-electron chi connectivity index (χ4n) is 1.22. The number of carbonyl (C=O) groups excluding carboxylic acids is 1. The van der Waals surface area contributed by atoms with Gasteiger partial charge in [-0.15, -0.1) is 0 Å². The molecule has 1 atom stereocenters. The summed E-state index contributed by atoms with van der Waals surface area (Å²) in [7, 11) is 0. The molecule has 0 amide bonds. The van der Waals surface area contributed by atoms with Gasteiger partial charge in [0.15, 0.2) is 0 Å². The molecule has 0 aromatic carbocycles. The van der Waals surface area contributed by atoms with Crippen molar-refractivity contribution >= 4 is 6.29 Å². The molecule has 60 valence electrons. The monoisotopic (exact) mass is 142 g/mol. The van der Waals surface area contributed by atoms with E-state index in [9.17, 15) is 4.79 Å². The molecule has 0 aliphatic heterocycles. The molecule has 0 saturated heterocycles. The maximum atomic E-state index is 10.4. The maximum absolute atomic E-state index is 10.4. The average Bonchev–Trinajstić information content (AvgIpc) is 1.86. The Morgan fingerprint density at radius 1 is 1.40 bits per heavy atom. The highest BCUT2D eigenvalue weighted by molar-refractivity contribution is 5.53. The van der Waals surface area contributed by atoms with Crippen LogP contribution in [0.4, 0.5) is 0 Å². The minimum Gasteiger partial charge on any atom is -0.303 e. The molecule has 0 spiro atoms. The van der Waals surface area contributed by atoms with E-state index in [1.165, 1.54) is 0 Å². The highest BCUT2D eigenvalue weighted by atomic mass is 16.1. The standard InChI is InChI=1S/C9H18O/c1-4-5-9(7-10)6-8(2)3/h7-9H,4-6H2,1-3H3/t9-/m0/s1. The number of hydrogen-bond donors (Lipinski definition) is 0. The molecule has 0 aromatic rings. The van der Waals surface area contributed by atoms with Crippen LogP contribution in [-0.2, 0) is 4.79 Å². The predicted octanol–water partition coefficient (Wildman–Crippen LogP) is 2.65. The Bertz CT molecular complexity index is 86.7. The van der Waals surface area contributed by atoms with Crippen molar-refractivity contribution in [3.8, 4) is 0 Å². The Morgan fingerprint density at radius 2 is 2.00 bits per heavy atom. The normalized spacial score (nSPS) is 13.6. The number of aldehydes is 1. The summed E-state index contributed by atoms with van der Waals surface area (Å²) in [4.78, 5) is 10.4. The van der Waals surface area contributed by atoms with E-state index in [2.05, 4.69) is 20.8 Å². The van der Waals surface area contributed by atoms with Gasteiger partial charge in [-0.05, 0) is 18.8 Å². The van der Waals surface area contributed by atoms with Crippen molar-refractivity contribution in [3.63, 3.8) is 0 Å². The molecule has 0 N–H and O–H groups in total. The molecule has 0 aliphatic rings. The number of hydrogen-bond acceptors (Lipinski definition) is 1. The summed E-state index contributed by atoms with van der Waals surface area (Å²) in [5.74, 6) is 0.965. The van der Waals surface area contributed by atoms with Crippen molar-refractivity contribution in [3.05, 3.63) is 0 Å². The van der Waals surface area contributed by atoms with Gasteiger partial charge in [0.05, 0.1) is 0 Å². The second kappa shape index (κ2) is 5.45. The Morgan fingerprint density at radius 3 is 2.30 bits per heavy atom. The molecule has 10 heavy (non-hydrogen) atoms. The van der Waals surface area contributed by atoms with Crippen molar-refractivity contribution in [1.29, 1.82) is 0 Å². The van der Waals surface area contributed by atoms with Crippen LogP contribution in [0.2, 0.25) is 0 Å². The van der Waals surface area contributed by atoms with Crippen LogP contribution in [0.5, 0.6) is 0 Å². The maximum Gasteiger partial charge on any atom is 0.123 e. The van der Waals surface area contributed by atoms with Crippen LogP contribution in [0.15, 0.2) is 0 Å². The van der Waals surface area contributed by atoms with E-state index in [0.29, 0.717) is 11.8 Å². The van der Waals surface area contributed by atoms with Crippen LogP contribution < -0.4 is 0 Å². The number of carbonyl (C=O) groups is 1. The lowest BCUT2D eigenvalue weighted by Gasteiger charge is -2.10. The first-order valence-corrected chi connectivity index (χ1v) is 4.16. The Labute approximate surface area is 63.8 Å². The van der Waals surface area contributed by atoms with Crippen LogP contribution in [-0.4, -0.2) is 6.29 Å². The van der Waals surface area contributed by atoms with Crippen molar-refractivity contribution < 1.29 is 4.79 Å². The summed E-state index contributed by atoms with van der Waals surface area (Å²) in [5.41, 5.74) is 0. The molecule has 0 heterocycles. The third-order valence-electron chi connectivity index (χ3n) is 1.63. The summed E-state index contributed by atoms with van der Waals surface area (Å²) in [6.45, 7) is 6.44. The van der Waals surface area contributed by atoms with Gasteiger partial charge in [0.25, 0.3) is 0 Å². The first kappa shape index (κ1) is 9.67. The minimum atomic E-state index is 0.310. The average molecular weight is 142 g/mol. The van der Waals surface area contributed by atoms with Gasteiger partial charge in [0, 0.05) is 5.92 Å². The molecule has 0 radical (unpaired) electrons. The summed E-state index contributed by atoms with van der Waals surface area (Å²) in [5, 5.41) is 0. The highest BCUT2D eigenvalue weighted by Gasteiger charge is 2.07. The van der Waals surface area contributed by atoms with Crippen LogP contribution >= 0.6 is 0 Å². The lowest BCUT2D eigenvalue weighted by Crippen LogP contribution is -2.05. The van der Waals surface area contributed by atoms with E-state index in [1.54, 1.807) is 0 Å². The fraction of sp³-hybridized carbons (Fsp3) is 0.889. The zero-order chi connectivity index (χ0) is 7.98. The van der Waals surface area contributed by atoms with Crippen LogP contribution in [0.1, 0.15) is 40.0 Å². The highest BCUT2D eigenvalue weighted by Crippen LogP contribution is 2.14. The van der Waals surface area contributed by atoms with Crippen LogP contribution in [0, 0.1) is 11.8 Å². The third kappa shape index (κ3) is 4.54. The van der Waals surface area contributed by atoms with Gasteiger partial charge in [-0.25, -0.2) is 0 Å². The van der Waals surface area contributed by atoms with Gasteiger partial charge >= 0.3 is 0 Å². The molecular formula is C9H18O. The van der Waals surface area contributed by atoms with Gasteiger partial charge < -0.3 is 4.79 Å². The van der Waals surface area contributed by atoms with Gasteiger partial charge in [-0.2, -0.15) is 0 Å². The Kier molecular flexibility index (Phi) is 5.27.